The molecule has 0 aliphatic heterocycles. The maximum absolute atomic E-state index is 7.69. The Morgan fingerprint density at radius 1 is 1.75 bits per heavy atom. The monoisotopic (exact) mass is 288 g/mol. The summed E-state index contributed by atoms with van der Waals surface area (Å²) in [5, 5.41) is 0. The summed E-state index contributed by atoms with van der Waals surface area (Å²) in [6, 6.07) is -0.136. The molecular weight excluding hydrogens is 279 g/mol. The highest BCUT2D eigenvalue weighted by Gasteiger charge is 2.09. The van der Waals surface area contributed by atoms with E-state index in [-0.39, 0.29) is 18.2 Å². The van der Waals surface area contributed by atoms with Crippen LogP contribution < -0.4 is 0 Å². The molecular formula is C6H6BrI. The Hall–Kier alpha value is 0.690. The molecule has 0 aromatic heterocycles. The molecule has 1 aliphatic carbocycles. The van der Waals surface area contributed by atoms with Gasteiger partial charge in [0.2, 0.25) is 0 Å². The van der Waals surface area contributed by atoms with Gasteiger partial charge >= 0.3 is 0 Å². The normalized spacial score (nSPS) is 55.8. The van der Waals surface area contributed by atoms with Crippen LogP contribution in [-0.4, -0.2) is 8.73 Å². The third-order valence-corrected chi connectivity index (χ3v) is 3.24. The number of rotatable bonds is 0. The van der Waals surface area contributed by atoms with E-state index < -0.39 is 8.73 Å². The number of allylic oxidation sites excluding steroid dienone is 4. The number of alkyl halides is 2. The van der Waals surface area contributed by atoms with Crippen molar-refractivity contribution < 1.29 is 5.48 Å². The van der Waals surface area contributed by atoms with E-state index in [1.165, 1.54) is 6.08 Å². The molecule has 0 aromatic rings. The van der Waals surface area contributed by atoms with Gasteiger partial charge in [0.25, 0.3) is 0 Å². The van der Waals surface area contributed by atoms with Gasteiger partial charge < -0.3 is 0 Å². The summed E-state index contributed by atoms with van der Waals surface area (Å²) >= 11 is 5.00. The summed E-state index contributed by atoms with van der Waals surface area (Å²) in [6.45, 7) is 0. The number of hydrogen-bond donors (Lipinski definition) is 0. The first kappa shape index (κ1) is 3.19. The summed E-state index contributed by atoms with van der Waals surface area (Å²) in [5.74, 6) is 0. The molecule has 0 amide bonds. The van der Waals surface area contributed by atoms with Gasteiger partial charge in [-0.2, -0.15) is 0 Å². The van der Waals surface area contributed by atoms with Gasteiger partial charge in [0.05, 0.1) is 4.11 Å². The standard InChI is InChI=1S/C6H6BrI/c7-5-3-1-2-4-6(5)8/h1-6H/i1D,2D,3D,6D. The van der Waals surface area contributed by atoms with Crippen molar-refractivity contribution in [1.29, 1.82) is 0 Å². The molecule has 44 valence electrons. The summed E-state index contributed by atoms with van der Waals surface area (Å²) in [7, 11) is 0. The fraction of sp³-hybridized carbons (Fsp3) is 0.333. The van der Waals surface area contributed by atoms with Crippen LogP contribution in [0.5, 0.6) is 0 Å². The minimum Gasteiger partial charge on any atom is -0.0830 e. The Kier molecular flexibility index (Phi) is 1.20. The van der Waals surface area contributed by atoms with E-state index in [4.69, 9.17) is 5.48 Å². The number of halogens is 2. The predicted molar refractivity (Wildman–Crippen MR) is 48.8 cm³/mol. The van der Waals surface area contributed by atoms with Gasteiger partial charge in [0.15, 0.2) is 0 Å². The Balaban J connectivity index is 3.15. The SMILES string of the molecule is [2H]C1=CC([2H])(I)C(Br)C([2H])=C1[2H]. The molecule has 0 aromatic carbocycles. The van der Waals surface area contributed by atoms with E-state index in [2.05, 4.69) is 15.9 Å². The first-order valence-electron chi connectivity index (χ1n) is 4.06. The minimum absolute atomic E-state index is 0.00639. The van der Waals surface area contributed by atoms with Crippen LogP contribution in [0.3, 0.4) is 0 Å². The van der Waals surface area contributed by atoms with Crippen LogP contribution in [0.1, 0.15) is 5.48 Å². The van der Waals surface area contributed by atoms with E-state index in [1.54, 1.807) is 0 Å². The van der Waals surface area contributed by atoms with E-state index in [9.17, 15) is 0 Å². The largest absolute Gasteiger partial charge is 0.0830 e. The second-order valence-corrected chi connectivity index (χ2v) is 3.47. The molecule has 1 rings (SSSR count). The predicted octanol–water partition coefficient (Wildman–Crippen LogP) is 2.68. The average Bonchev–Trinajstić information content (AvgIpc) is 1.97. The quantitative estimate of drug-likeness (QED) is 0.475. The smallest absolute Gasteiger partial charge is 0.0620 e. The van der Waals surface area contributed by atoms with E-state index >= 15 is 0 Å². The molecule has 0 fully saturated rings. The van der Waals surface area contributed by atoms with Crippen molar-refractivity contribution in [1.82, 2.24) is 0 Å². The fourth-order valence-electron chi connectivity index (χ4n) is 0.352. The van der Waals surface area contributed by atoms with Crippen LogP contribution in [0.4, 0.5) is 0 Å². The van der Waals surface area contributed by atoms with Crippen LogP contribution in [0.15, 0.2) is 24.2 Å². The molecule has 2 atom stereocenters. The highest BCUT2D eigenvalue weighted by molar-refractivity contribution is 14.1. The van der Waals surface area contributed by atoms with E-state index in [1.807, 2.05) is 22.6 Å². The first-order chi connectivity index (χ1) is 5.36. The lowest BCUT2D eigenvalue weighted by Crippen LogP contribution is -2.09. The molecule has 0 heterocycles. The van der Waals surface area contributed by atoms with Crippen molar-refractivity contribution in [2.24, 2.45) is 0 Å². The van der Waals surface area contributed by atoms with Gasteiger partial charge in [0.1, 0.15) is 0 Å². The molecule has 2 unspecified atom stereocenters. The van der Waals surface area contributed by atoms with Crippen molar-refractivity contribution in [3.8, 4) is 0 Å². The van der Waals surface area contributed by atoms with Crippen molar-refractivity contribution in [3.63, 3.8) is 0 Å². The van der Waals surface area contributed by atoms with Crippen LogP contribution in [0.2, 0.25) is 0 Å². The Morgan fingerprint density at radius 3 is 3.25 bits per heavy atom. The molecule has 0 bridgehead atoms. The lowest BCUT2D eigenvalue weighted by molar-refractivity contribution is 1.13. The van der Waals surface area contributed by atoms with Gasteiger partial charge in [-0.3, -0.25) is 0 Å². The maximum Gasteiger partial charge on any atom is 0.0620 e. The Labute approximate surface area is 76.9 Å². The number of hydrogen-bond acceptors (Lipinski definition) is 0. The third-order valence-electron chi connectivity index (χ3n) is 0.723. The van der Waals surface area contributed by atoms with Crippen molar-refractivity contribution in [2.45, 2.75) is 8.73 Å². The van der Waals surface area contributed by atoms with Crippen LogP contribution in [-0.2, 0) is 0 Å². The zero-order valence-corrected chi connectivity index (χ0v) is 7.65. The summed E-state index contributed by atoms with van der Waals surface area (Å²) in [5.41, 5.74) is 0. The Morgan fingerprint density at radius 2 is 2.50 bits per heavy atom. The summed E-state index contributed by atoms with van der Waals surface area (Å²) in [6.07, 6.45) is 1.37. The van der Waals surface area contributed by atoms with E-state index in [0.29, 0.717) is 0 Å². The second-order valence-electron chi connectivity index (χ2n) is 1.31. The minimum atomic E-state index is -1.02. The van der Waals surface area contributed by atoms with Gasteiger partial charge in [-0.25, -0.2) is 0 Å². The topological polar surface area (TPSA) is 0 Å². The molecule has 0 saturated carbocycles. The molecule has 8 heavy (non-hydrogen) atoms. The molecule has 0 radical (unpaired) electrons. The maximum atomic E-state index is 7.69. The van der Waals surface area contributed by atoms with Crippen LogP contribution in [0, 0.1) is 0 Å². The van der Waals surface area contributed by atoms with Gasteiger partial charge in [0, 0.05) is 10.1 Å². The molecule has 2 heteroatoms. The molecule has 0 nitrogen and oxygen atoms in total. The lowest BCUT2D eigenvalue weighted by atomic mass is 10.2. The highest BCUT2D eigenvalue weighted by Crippen LogP contribution is 2.20. The van der Waals surface area contributed by atoms with Crippen molar-refractivity contribution >= 4 is 38.5 Å². The second kappa shape index (κ2) is 3.01. The van der Waals surface area contributed by atoms with E-state index in [0.717, 1.165) is 0 Å². The Bertz CT molecular complexity index is 271. The lowest BCUT2D eigenvalue weighted by Gasteiger charge is -2.10. The molecule has 0 spiro atoms. The van der Waals surface area contributed by atoms with Crippen molar-refractivity contribution in [2.75, 3.05) is 0 Å². The van der Waals surface area contributed by atoms with Crippen molar-refractivity contribution in [3.05, 3.63) is 24.2 Å². The molecule has 0 N–H and O–H groups in total. The summed E-state index contributed by atoms with van der Waals surface area (Å²) < 4.78 is 28.7. The summed E-state index contributed by atoms with van der Waals surface area (Å²) in [4.78, 5) is -0.493. The highest BCUT2D eigenvalue weighted by atomic mass is 127. The van der Waals surface area contributed by atoms with Gasteiger partial charge in [-0.1, -0.05) is 62.8 Å². The van der Waals surface area contributed by atoms with Gasteiger partial charge in [-0.05, 0) is 0 Å². The molecule has 1 aliphatic rings. The first-order valence-corrected chi connectivity index (χ1v) is 4.06. The zero-order valence-electron chi connectivity index (χ0n) is 7.91. The average molecular weight is 289 g/mol. The van der Waals surface area contributed by atoms with Crippen LogP contribution >= 0.6 is 38.5 Å². The fourth-order valence-corrected chi connectivity index (χ4v) is 0.910. The van der Waals surface area contributed by atoms with Crippen LogP contribution in [0.25, 0.3) is 0 Å². The molecule has 0 saturated heterocycles. The zero-order chi connectivity index (χ0) is 9.52. The third kappa shape index (κ3) is 1.58. The van der Waals surface area contributed by atoms with Gasteiger partial charge in [-0.15, -0.1) is 0 Å².